The summed E-state index contributed by atoms with van der Waals surface area (Å²) < 4.78 is 5.23. The van der Waals surface area contributed by atoms with Crippen LogP contribution in [0.3, 0.4) is 0 Å². The third-order valence-electron chi connectivity index (χ3n) is 3.92. The summed E-state index contributed by atoms with van der Waals surface area (Å²) in [5.41, 5.74) is 8.78. The van der Waals surface area contributed by atoms with Gasteiger partial charge in [0.05, 0.1) is 7.11 Å². The first-order valence-corrected chi connectivity index (χ1v) is 7.89. The fourth-order valence-electron chi connectivity index (χ4n) is 2.38. The molecule has 2 aromatic carbocycles. The van der Waals surface area contributed by atoms with E-state index >= 15 is 0 Å². The third-order valence-corrected chi connectivity index (χ3v) is 3.92. The van der Waals surface area contributed by atoms with Crippen molar-refractivity contribution in [1.29, 1.82) is 0 Å². The maximum atomic E-state index is 12.2. The number of carboxylic acid groups (broad SMARTS) is 1. The highest BCUT2D eigenvalue weighted by Gasteiger charge is 2.12. The van der Waals surface area contributed by atoms with Gasteiger partial charge in [-0.3, -0.25) is 9.59 Å². The molecule has 6 nitrogen and oxygen atoms in total. The Morgan fingerprint density at radius 1 is 1.16 bits per heavy atom. The number of aliphatic carboxylic acids is 1. The maximum Gasteiger partial charge on any atom is 0.320 e. The van der Waals surface area contributed by atoms with E-state index in [1.807, 2.05) is 37.3 Å². The average molecular weight is 342 g/mol. The van der Waals surface area contributed by atoms with Crippen molar-refractivity contribution in [1.82, 2.24) is 5.32 Å². The number of aryl methyl sites for hydroxylation is 1. The van der Waals surface area contributed by atoms with E-state index in [0.29, 0.717) is 17.9 Å². The molecule has 0 aliphatic rings. The second-order valence-corrected chi connectivity index (χ2v) is 5.83. The van der Waals surface area contributed by atoms with Crippen LogP contribution in [0.4, 0.5) is 0 Å². The molecular weight excluding hydrogens is 320 g/mol. The van der Waals surface area contributed by atoms with Crippen LogP contribution in [0.25, 0.3) is 0 Å². The van der Waals surface area contributed by atoms with E-state index in [1.54, 1.807) is 19.2 Å². The number of carbonyl (C=O) groups excluding carboxylic acids is 1. The van der Waals surface area contributed by atoms with Gasteiger partial charge in [-0.15, -0.1) is 0 Å². The molecule has 25 heavy (non-hydrogen) atoms. The van der Waals surface area contributed by atoms with Gasteiger partial charge in [0.1, 0.15) is 11.8 Å². The van der Waals surface area contributed by atoms with E-state index in [2.05, 4.69) is 5.32 Å². The van der Waals surface area contributed by atoms with Crippen molar-refractivity contribution in [3.05, 3.63) is 64.7 Å². The van der Waals surface area contributed by atoms with Gasteiger partial charge < -0.3 is 20.9 Å². The lowest BCUT2D eigenvalue weighted by molar-refractivity contribution is -0.138. The molecule has 0 aromatic heterocycles. The largest absolute Gasteiger partial charge is 0.496 e. The van der Waals surface area contributed by atoms with Crippen molar-refractivity contribution in [2.45, 2.75) is 25.9 Å². The van der Waals surface area contributed by atoms with Gasteiger partial charge in [-0.2, -0.15) is 0 Å². The van der Waals surface area contributed by atoms with Crippen molar-refractivity contribution in [2.24, 2.45) is 5.73 Å². The molecule has 0 aliphatic heterocycles. The zero-order chi connectivity index (χ0) is 18.4. The molecule has 0 saturated carbocycles. The minimum absolute atomic E-state index is 0.185. The summed E-state index contributed by atoms with van der Waals surface area (Å²) in [6.45, 7) is 2.29. The summed E-state index contributed by atoms with van der Waals surface area (Å²) in [7, 11) is 1.57. The summed E-state index contributed by atoms with van der Waals surface area (Å²) in [6, 6.07) is 11.7. The molecule has 1 atom stereocenters. The lowest BCUT2D eigenvalue weighted by Gasteiger charge is -2.10. The SMILES string of the molecule is COc1cc(C(=O)NCc2ccc(CC(N)C(=O)O)cc2)ccc1C. The summed E-state index contributed by atoms with van der Waals surface area (Å²) in [6.07, 6.45) is 0.269. The molecular formula is C19H22N2O4. The molecule has 4 N–H and O–H groups in total. The Labute approximate surface area is 146 Å². The molecule has 0 saturated heterocycles. The monoisotopic (exact) mass is 342 g/mol. The van der Waals surface area contributed by atoms with E-state index < -0.39 is 12.0 Å². The molecule has 0 aliphatic carbocycles. The first-order valence-electron chi connectivity index (χ1n) is 7.89. The normalized spacial score (nSPS) is 11.6. The Balaban J connectivity index is 1.94. The van der Waals surface area contributed by atoms with Gasteiger partial charge in [0.25, 0.3) is 5.91 Å². The molecule has 2 rings (SSSR count). The molecule has 1 amide bonds. The van der Waals surface area contributed by atoms with Gasteiger partial charge in [0.2, 0.25) is 0 Å². The summed E-state index contributed by atoms with van der Waals surface area (Å²) >= 11 is 0. The number of amides is 1. The van der Waals surface area contributed by atoms with E-state index in [1.165, 1.54) is 0 Å². The van der Waals surface area contributed by atoms with Crippen molar-refractivity contribution < 1.29 is 19.4 Å². The molecule has 0 bridgehead atoms. The first kappa shape index (κ1) is 18.5. The van der Waals surface area contributed by atoms with Crippen LogP contribution in [-0.4, -0.2) is 30.1 Å². The van der Waals surface area contributed by atoms with Crippen LogP contribution in [-0.2, 0) is 17.8 Å². The predicted molar refractivity (Wildman–Crippen MR) is 94.7 cm³/mol. The number of methoxy groups -OCH3 is 1. The van der Waals surface area contributed by atoms with Crippen molar-refractivity contribution in [3.63, 3.8) is 0 Å². The van der Waals surface area contributed by atoms with Gasteiger partial charge >= 0.3 is 5.97 Å². The Bertz CT molecular complexity index is 757. The van der Waals surface area contributed by atoms with Gasteiger partial charge in [0, 0.05) is 12.1 Å². The van der Waals surface area contributed by atoms with Crippen molar-refractivity contribution in [3.8, 4) is 5.75 Å². The van der Waals surface area contributed by atoms with Crippen LogP contribution in [0.15, 0.2) is 42.5 Å². The topological polar surface area (TPSA) is 102 Å². The van der Waals surface area contributed by atoms with Crippen LogP contribution in [0.2, 0.25) is 0 Å². The van der Waals surface area contributed by atoms with E-state index in [9.17, 15) is 9.59 Å². The van der Waals surface area contributed by atoms with Crippen LogP contribution < -0.4 is 15.8 Å². The number of carboxylic acids is 1. The van der Waals surface area contributed by atoms with Crippen LogP contribution >= 0.6 is 0 Å². The fourth-order valence-corrected chi connectivity index (χ4v) is 2.38. The highest BCUT2D eigenvalue weighted by atomic mass is 16.5. The van der Waals surface area contributed by atoms with E-state index in [-0.39, 0.29) is 12.3 Å². The Morgan fingerprint density at radius 2 is 1.80 bits per heavy atom. The first-order chi connectivity index (χ1) is 11.9. The highest BCUT2D eigenvalue weighted by molar-refractivity contribution is 5.94. The van der Waals surface area contributed by atoms with E-state index in [4.69, 9.17) is 15.6 Å². The van der Waals surface area contributed by atoms with Gasteiger partial charge in [0.15, 0.2) is 0 Å². The number of nitrogens with two attached hydrogens (primary N) is 1. The van der Waals surface area contributed by atoms with E-state index in [0.717, 1.165) is 16.7 Å². The summed E-state index contributed by atoms with van der Waals surface area (Å²) in [5.74, 6) is -0.535. The number of ether oxygens (including phenoxy) is 1. The number of carbonyl (C=O) groups is 2. The van der Waals surface area contributed by atoms with Crippen LogP contribution in [0.5, 0.6) is 5.75 Å². The number of hydrogen-bond acceptors (Lipinski definition) is 4. The second-order valence-electron chi connectivity index (χ2n) is 5.83. The molecule has 1 unspecified atom stereocenters. The maximum absolute atomic E-state index is 12.2. The average Bonchev–Trinajstić information content (AvgIpc) is 2.61. The Hall–Kier alpha value is -2.86. The smallest absolute Gasteiger partial charge is 0.320 e. The lowest BCUT2D eigenvalue weighted by Crippen LogP contribution is -2.32. The molecule has 2 aromatic rings. The zero-order valence-corrected chi connectivity index (χ0v) is 14.3. The molecule has 132 valence electrons. The minimum atomic E-state index is -1.02. The minimum Gasteiger partial charge on any atom is -0.496 e. The Morgan fingerprint density at radius 3 is 2.40 bits per heavy atom. The molecule has 0 spiro atoms. The summed E-state index contributed by atoms with van der Waals surface area (Å²) in [4.78, 5) is 23.0. The van der Waals surface area contributed by atoms with Gasteiger partial charge in [-0.1, -0.05) is 30.3 Å². The Kier molecular flexibility index (Phi) is 6.14. The van der Waals surface area contributed by atoms with Gasteiger partial charge in [-0.25, -0.2) is 0 Å². The molecule has 6 heteroatoms. The standard InChI is InChI=1S/C19H22N2O4/c1-12-3-8-15(10-17(12)25-2)18(22)21-11-14-6-4-13(5-7-14)9-16(20)19(23)24/h3-8,10,16H,9,11,20H2,1-2H3,(H,21,22)(H,23,24). The van der Waals surface area contributed by atoms with Crippen LogP contribution in [0, 0.1) is 6.92 Å². The quantitative estimate of drug-likeness (QED) is 0.713. The fraction of sp³-hybridized carbons (Fsp3) is 0.263. The second kappa shape index (κ2) is 8.30. The zero-order valence-electron chi connectivity index (χ0n) is 14.3. The predicted octanol–water partition coefficient (Wildman–Crippen LogP) is 1.89. The van der Waals surface area contributed by atoms with Gasteiger partial charge in [-0.05, 0) is 42.2 Å². The van der Waals surface area contributed by atoms with Crippen molar-refractivity contribution >= 4 is 11.9 Å². The molecule has 0 fully saturated rings. The van der Waals surface area contributed by atoms with Crippen molar-refractivity contribution in [2.75, 3.05) is 7.11 Å². The third kappa shape index (κ3) is 5.06. The number of rotatable bonds is 7. The van der Waals surface area contributed by atoms with Crippen LogP contribution in [0.1, 0.15) is 27.0 Å². The molecule has 0 heterocycles. The molecule has 0 radical (unpaired) electrons. The number of hydrogen-bond donors (Lipinski definition) is 3. The lowest BCUT2D eigenvalue weighted by atomic mass is 10.0. The number of nitrogens with one attached hydrogen (secondary N) is 1. The summed E-state index contributed by atoms with van der Waals surface area (Å²) in [5, 5.41) is 11.7. The highest BCUT2D eigenvalue weighted by Crippen LogP contribution is 2.19. The number of benzene rings is 2.